The van der Waals surface area contributed by atoms with Crippen LogP contribution < -0.4 is 24.8 Å². The van der Waals surface area contributed by atoms with E-state index in [0.29, 0.717) is 0 Å². The summed E-state index contributed by atoms with van der Waals surface area (Å²) in [5.74, 6) is 1.76. The molecule has 2 aliphatic rings. The number of fused-ring (bicyclic) bond motifs is 6. The SMILES string of the molecule is C[Si](C)=[Zr+2].[Cl-].[Cl-].c1ccc2c(-c3ccc(-c4cccc5ccccc45)c4[cH-]c(CC5CC5)cc34)cccc2c1.c1ccc2c(-c3ccc(-c4cccc5ccccc45)c4[cH-]c(CC5CC5)cc34)cccc2c1. The Hall–Kier alpha value is -5.86. The first-order chi connectivity index (χ1) is 34.4. The van der Waals surface area contributed by atoms with Crippen LogP contribution in [0, 0.1) is 11.8 Å². The molecule has 2 fully saturated rings. The van der Waals surface area contributed by atoms with Gasteiger partial charge in [-0.05, 0) is 105 Å². The van der Waals surface area contributed by atoms with Gasteiger partial charge in [0.05, 0.1) is 0 Å². The van der Waals surface area contributed by atoms with Gasteiger partial charge in [-0.3, -0.25) is 0 Å². The minimum atomic E-state index is 0. The zero-order valence-corrected chi connectivity index (χ0v) is 45.9. The third-order valence-corrected chi connectivity index (χ3v) is 14.7. The quantitative estimate of drug-likeness (QED) is 0.105. The van der Waals surface area contributed by atoms with E-state index in [1.807, 2.05) is 0 Å². The second-order valence-corrected chi connectivity index (χ2v) is 29.5. The molecule has 0 amide bonds. The maximum atomic E-state index is 2.47. The van der Waals surface area contributed by atoms with Crippen molar-refractivity contribution in [1.82, 2.24) is 0 Å². The van der Waals surface area contributed by atoms with Crippen LogP contribution in [0.5, 0.6) is 0 Å². The van der Waals surface area contributed by atoms with E-state index >= 15 is 0 Å². The Morgan fingerprint density at radius 3 is 0.903 bits per heavy atom. The molecule has 4 heteroatoms. The van der Waals surface area contributed by atoms with Crippen molar-refractivity contribution in [3.63, 3.8) is 0 Å². The Labute approximate surface area is 452 Å². The molecule has 0 nitrogen and oxygen atoms in total. The van der Waals surface area contributed by atoms with Gasteiger partial charge in [0, 0.05) is 0 Å². The van der Waals surface area contributed by atoms with Gasteiger partial charge in [0.25, 0.3) is 0 Å². The number of halogens is 2. The Morgan fingerprint density at radius 1 is 0.347 bits per heavy atom. The van der Waals surface area contributed by atoms with Gasteiger partial charge >= 0.3 is 41.9 Å². The van der Waals surface area contributed by atoms with Crippen LogP contribution in [-0.2, 0) is 36.2 Å². The Bertz CT molecular complexity index is 3410. The van der Waals surface area contributed by atoms with Gasteiger partial charge in [-0.2, -0.15) is 12.1 Å². The Morgan fingerprint density at radius 2 is 0.597 bits per heavy atom. The first kappa shape index (κ1) is 49.7. The Balaban J connectivity index is 0.000000151. The van der Waals surface area contributed by atoms with Crippen molar-refractivity contribution >= 4 is 70.1 Å². The molecular formula is C68H56Cl2SiZr-2. The van der Waals surface area contributed by atoms with Crippen LogP contribution in [-0.4, -0.2) is 5.43 Å². The molecule has 2 aliphatic carbocycles. The zero-order valence-electron chi connectivity index (χ0n) is 40.9. The minimum absolute atomic E-state index is 0. The molecule has 14 rings (SSSR count). The number of hydrogen-bond acceptors (Lipinski definition) is 0. The molecule has 0 N–H and O–H groups in total. The second-order valence-electron chi connectivity index (χ2n) is 20.1. The normalized spacial score (nSPS) is 13.1. The van der Waals surface area contributed by atoms with E-state index in [1.165, 1.54) is 159 Å². The van der Waals surface area contributed by atoms with E-state index in [4.69, 9.17) is 0 Å². The molecule has 72 heavy (non-hydrogen) atoms. The monoisotopic (exact) mass is 1060 g/mol. The molecule has 0 aliphatic heterocycles. The van der Waals surface area contributed by atoms with Crippen LogP contribution in [0.2, 0.25) is 13.1 Å². The van der Waals surface area contributed by atoms with E-state index < -0.39 is 0 Å². The molecule has 352 valence electrons. The van der Waals surface area contributed by atoms with Crippen molar-refractivity contribution in [3.8, 4) is 44.5 Å². The van der Waals surface area contributed by atoms with Gasteiger partial charge in [0.15, 0.2) is 0 Å². The van der Waals surface area contributed by atoms with Gasteiger partial charge in [-0.25, -0.2) is 0 Å². The van der Waals surface area contributed by atoms with E-state index in [1.54, 1.807) is 23.3 Å². The number of rotatable bonds is 8. The third kappa shape index (κ3) is 10.2. The van der Waals surface area contributed by atoms with E-state index in [2.05, 4.69) is 231 Å². The first-order valence-corrected chi connectivity index (χ1v) is 31.5. The summed E-state index contributed by atoms with van der Waals surface area (Å²) in [6, 6.07) is 81.0. The molecular weight excluding hydrogens is 1010 g/mol. The molecule has 0 spiro atoms. The van der Waals surface area contributed by atoms with E-state index in [9.17, 15) is 0 Å². The summed E-state index contributed by atoms with van der Waals surface area (Å²) in [5, 5.41) is 16.0. The predicted molar refractivity (Wildman–Crippen MR) is 301 cm³/mol. The smallest absolute Gasteiger partial charge is 0.0114 e. The molecule has 0 atom stereocenters. The summed E-state index contributed by atoms with van der Waals surface area (Å²) in [6.07, 6.45) is 7.95. The largest absolute Gasteiger partial charge is 1.00 e. The van der Waals surface area contributed by atoms with Gasteiger partial charge in [-0.15, -0.1) is 44.8 Å². The summed E-state index contributed by atoms with van der Waals surface area (Å²) in [4.78, 5) is 0. The topological polar surface area (TPSA) is 0 Å². The summed E-state index contributed by atoms with van der Waals surface area (Å²) < 4.78 is 0. The summed E-state index contributed by atoms with van der Waals surface area (Å²) in [7, 11) is 0. The molecule has 0 bridgehead atoms. The average Bonchev–Trinajstić information content (AvgIpc) is 4.31. The van der Waals surface area contributed by atoms with E-state index in [0.717, 1.165) is 11.8 Å². The van der Waals surface area contributed by atoms with Gasteiger partial charge in [0.1, 0.15) is 0 Å². The fourth-order valence-electron chi connectivity index (χ4n) is 11.0. The summed E-state index contributed by atoms with van der Waals surface area (Å²) >= 11 is 1.74. The Kier molecular flexibility index (Phi) is 15.0. The van der Waals surface area contributed by atoms with Crippen LogP contribution in [0.3, 0.4) is 0 Å². The van der Waals surface area contributed by atoms with Crippen LogP contribution in [0.25, 0.3) is 109 Å². The van der Waals surface area contributed by atoms with Crippen molar-refractivity contribution in [1.29, 1.82) is 0 Å². The average molecular weight is 1060 g/mol. The van der Waals surface area contributed by atoms with Gasteiger partial charge in [-0.1, -0.05) is 228 Å². The molecule has 0 unspecified atom stereocenters. The van der Waals surface area contributed by atoms with Crippen LogP contribution in [0.4, 0.5) is 0 Å². The molecule has 12 aromatic carbocycles. The van der Waals surface area contributed by atoms with Gasteiger partial charge < -0.3 is 24.8 Å². The summed E-state index contributed by atoms with van der Waals surface area (Å²) in [5.41, 5.74) is 13.8. The molecule has 12 aromatic rings. The fourth-order valence-corrected chi connectivity index (χ4v) is 11.0. The second kappa shape index (κ2) is 21.7. The van der Waals surface area contributed by atoms with Crippen molar-refractivity contribution in [2.24, 2.45) is 11.8 Å². The number of benzene rings is 10. The fraction of sp³-hybridized carbons (Fsp3) is 0.147. The molecule has 0 saturated heterocycles. The maximum Gasteiger partial charge on any atom is -0.0114 e. The predicted octanol–water partition coefficient (Wildman–Crippen LogP) is 13.1. The zero-order chi connectivity index (χ0) is 47.1. The van der Waals surface area contributed by atoms with Crippen LogP contribution in [0.1, 0.15) is 36.8 Å². The molecule has 0 aromatic heterocycles. The van der Waals surface area contributed by atoms with Crippen LogP contribution >= 0.6 is 0 Å². The van der Waals surface area contributed by atoms with Crippen molar-refractivity contribution < 1.29 is 48.1 Å². The third-order valence-electron chi connectivity index (χ3n) is 14.7. The maximum absolute atomic E-state index is 2.47. The van der Waals surface area contributed by atoms with Crippen molar-refractivity contribution in [3.05, 3.63) is 230 Å². The minimum Gasteiger partial charge on any atom is -1.00 e. The molecule has 2 saturated carbocycles. The van der Waals surface area contributed by atoms with E-state index in [-0.39, 0.29) is 30.2 Å². The first-order valence-electron chi connectivity index (χ1n) is 25.3. The van der Waals surface area contributed by atoms with Crippen molar-refractivity contribution in [2.75, 3.05) is 0 Å². The summed E-state index contributed by atoms with van der Waals surface area (Å²) in [6.45, 7) is 4.62. The van der Waals surface area contributed by atoms with Gasteiger partial charge in [0.2, 0.25) is 0 Å². The number of hydrogen-bond donors (Lipinski definition) is 0. The molecule has 0 heterocycles. The van der Waals surface area contributed by atoms with Crippen molar-refractivity contribution in [2.45, 2.75) is 51.6 Å². The standard InChI is InChI=1S/2C33H25.C2H6Si.2ClH.Zr/c2*1-3-11-26-24(7-1)9-5-13-28(26)30-17-18-31(29-14-6-10-25-8-2-4-12-27(25)29)33-21-23(20-32(30)33)19-22-15-16-22;1-3-2;;;/h2*1-14,17-18,20-22H,15-16,19H2;1-2H3;2*1H;/q2*-1;;;;+2/p-2. The van der Waals surface area contributed by atoms with Crippen LogP contribution in [0.15, 0.2) is 218 Å². The molecule has 0 radical (unpaired) electrons.